The van der Waals surface area contributed by atoms with Crippen molar-refractivity contribution in [1.29, 1.82) is 0 Å². The van der Waals surface area contributed by atoms with Gasteiger partial charge in [-0.05, 0) is 68.6 Å². The van der Waals surface area contributed by atoms with Crippen LogP contribution >= 0.6 is 0 Å². The van der Waals surface area contributed by atoms with Crippen LogP contribution in [0.25, 0.3) is 0 Å². The van der Waals surface area contributed by atoms with Gasteiger partial charge >= 0.3 is 0 Å². The molecule has 6 atom stereocenters. The van der Waals surface area contributed by atoms with E-state index in [-0.39, 0.29) is 24.2 Å². The predicted molar refractivity (Wildman–Crippen MR) is 153 cm³/mol. The number of benzene rings is 1. The first-order valence-corrected chi connectivity index (χ1v) is 14.6. The Hall–Kier alpha value is -1.74. The molecular formula is C32H50O7. The highest BCUT2D eigenvalue weighted by atomic mass is 16.7. The number of ether oxygens (including phenoxy) is 6. The Balaban J connectivity index is 1.39. The standard InChI is InChI=1S/C32H50O7/c1-5-6-8-11-28(37-24-34-3)22-29-18-20-32(38-29)19-17-25(2)31(39-32)30(33)12-9-7-10-21-36-23-26-13-15-27(35-4)16-14-26/h5,7,9,13-16,25,28-31,33H,1,6,8,10-12,17-24H2,2-4H3/b9-7-/t25-,28+,29+,30-,31-,32+/m1/s1. The molecule has 2 heterocycles. The molecule has 39 heavy (non-hydrogen) atoms. The first-order chi connectivity index (χ1) is 19.0. The normalized spacial score (nSPS) is 26.7. The van der Waals surface area contributed by atoms with Crippen LogP contribution in [0.3, 0.4) is 0 Å². The summed E-state index contributed by atoms with van der Waals surface area (Å²) >= 11 is 0. The van der Waals surface area contributed by atoms with Gasteiger partial charge in [-0.2, -0.15) is 0 Å². The lowest BCUT2D eigenvalue weighted by Crippen LogP contribution is -2.49. The van der Waals surface area contributed by atoms with E-state index in [1.807, 2.05) is 36.4 Å². The number of allylic oxidation sites excluding steroid dienone is 1. The molecule has 0 bridgehead atoms. The van der Waals surface area contributed by atoms with Crippen molar-refractivity contribution in [2.45, 2.75) is 108 Å². The van der Waals surface area contributed by atoms with Crippen LogP contribution in [0.5, 0.6) is 5.75 Å². The van der Waals surface area contributed by atoms with Crippen LogP contribution in [0.15, 0.2) is 49.1 Å². The second-order valence-electron chi connectivity index (χ2n) is 10.9. The van der Waals surface area contributed by atoms with Gasteiger partial charge < -0.3 is 33.5 Å². The average molecular weight is 547 g/mol. The molecule has 1 N–H and O–H groups in total. The fourth-order valence-corrected chi connectivity index (χ4v) is 5.50. The Bertz CT molecular complexity index is 841. The Morgan fingerprint density at radius 2 is 1.90 bits per heavy atom. The van der Waals surface area contributed by atoms with Crippen molar-refractivity contribution in [3.63, 3.8) is 0 Å². The van der Waals surface area contributed by atoms with Gasteiger partial charge in [-0.1, -0.05) is 37.3 Å². The number of aliphatic hydroxyl groups excluding tert-OH is 1. The monoisotopic (exact) mass is 546 g/mol. The summed E-state index contributed by atoms with van der Waals surface area (Å²) in [4.78, 5) is 0. The molecule has 3 rings (SSSR count). The minimum atomic E-state index is -0.589. The largest absolute Gasteiger partial charge is 0.497 e. The number of aliphatic hydroxyl groups is 1. The summed E-state index contributed by atoms with van der Waals surface area (Å²) in [6.07, 6.45) is 14.3. The molecular weight excluding hydrogens is 496 g/mol. The Morgan fingerprint density at radius 1 is 1.10 bits per heavy atom. The van der Waals surface area contributed by atoms with E-state index in [0.29, 0.717) is 26.4 Å². The highest BCUT2D eigenvalue weighted by Gasteiger charge is 2.48. The number of rotatable bonds is 18. The number of unbranched alkanes of at least 4 members (excludes halogenated alkanes) is 1. The van der Waals surface area contributed by atoms with Gasteiger partial charge in [0.2, 0.25) is 0 Å². The van der Waals surface area contributed by atoms with Crippen LogP contribution in [0.2, 0.25) is 0 Å². The lowest BCUT2D eigenvalue weighted by molar-refractivity contribution is -0.296. The zero-order chi connectivity index (χ0) is 27.9. The van der Waals surface area contributed by atoms with Crippen molar-refractivity contribution in [2.24, 2.45) is 5.92 Å². The van der Waals surface area contributed by atoms with Crippen LogP contribution in [-0.4, -0.2) is 62.9 Å². The third kappa shape index (κ3) is 10.6. The molecule has 2 fully saturated rings. The molecule has 1 spiro atoms. The smallest absolute Gasteiger partial charge is 0.169 e. The highest BCUT2D eigenvalue weighted by molar-refractivity contribution is 5.26. The topological polar surface area (TPSA) is 75.6 Å². The van der Waals surface area contributed by atoms with Gasteiger partial charge in [-0.25, -0.2) is 0 Å². The van der Waals surface area contributed by atoms with Gasteiger partial charge in [0, 0.05) is 26.4 Å². The van der Waals surface area contributed by atoms with Gasteiger partial charge in [-0.3, -0.25) is 0 Å². The minimum absolute atomic E-state index is 0.0966. The Kier molecular flexibility index (Phi) is 14.0. The quantitative estimate of drug-likeness (QED) is 0.131. The van der Waals surface area contributed by atoms with Crippen molar-refractivity contribution < 1.29 is 33.5 Å². The van der Waals surface area contributed by atoms with E-state index in [1.54, 1.807) is 14.2 Å². The average Bonchev–Trinajstić information content (AvgIpc) is 3.34. The van der Waals surface area contributed by atoms with E-state index in [0.717, 1.165) is 69.1 Å². The molecule has 7 nitrogen and oxygen atoms in total. The second kappa shape index (κ2) is 17.2. The minimum Gasteiger partial charge on any atom is -0.497 e. The van der Waals surface area contributed by atoms with Crippen LogP contribution in [0.1, 0.15) is 76.7 Å². The molecule has 0 amide bonds. The Morgan fingerprint density at radius 3 is 2.64 bits per heavy atom. The fourth-order valence-electron chi connectivity index (χ4n) is 5.50. The van der Waals surface area contributed by atoms with Gasteiger partial charge in [0.05, 0.1) is 44.7 Å². The molecule has 0 unspecified atom stereocenters. The number of hydrogen-bond donors (Lipinski definition) is 1. The van der Waals surface area contributed by atoms with E-state index in [4.69, 9.17) is 28.4 Å². The zero-order valence-electron chi connectivity index (χ0n) is 24.2. The summed E-state index contributed by atoms with van der Waals surface area (Å²) in [5.41, 5.74) is 1.12. The summed E-state index contributed by atoms with van der Waals surface area (Å²) in [5.74, 6) is 0.540. The molecule has 7 heteroatoms. The number of methoxy groups -OCH3 is 2. The second-order valence-corrected chi connectivity index (χ2v) is 10.9. The van der Waals surface area contributed by atoms with Crippen molar-refractivity contribution in [1.82, 2.24) is 0 Å². The van der Waals surface area contributed by atoms with Crippen LogP contribution < -0.4 is 4.74 Å². The van der Waals surface area contributed by atoms with Crippen LogP contribution in [-0.2, 0) is 30.3 Å². The van der Waals surface area contributed by atoms with Crippen molar-refractivity contribution in [3.8, 4) is 5.75 Å². The first kappa shape index (κ1) is 31.8. The van der Waals surface area contributed by atoms with Crippen LogP contribution in [0.4, 0.5) is 0 Å². The Labute approximate surface area is 235 Å². The first-order valence-electron chi connectivity index (χ1n) is 14.6. The lowest BCUT2D eigenvalue weighted by Gasteiger charge is -2.43. The molecule has 220 valence electrons. The summed E-state index contributed by atoms with van der Waals surface area (Å²) in [6.45, 7) is 7.48. The van der Waals surface area contributed by atoms with Crippen molar-refractivity contribution in [2.75, 3.05) is 27.6 Å². The maximum absolute atomic E-state index is 11.0. The molecule has 0 aromatic heterocycles. The SMILES string of the molecule is C=CCCC[C@@H](C[C@@H]1CC[C@@]2(CC[C@@H](C)[C@H]([C@H](O)C/C=C\CCOCc3ccc(OC)cc3)O2)O1)OCOC. The molecule has 2 aliphatic heterocycles. The predicted octanol–water partition coefficient (Wildman–Crippen LogP) is 6.34. The summed E-state index contributed by atoms with van der Waals surface area (Å²) in [6, 6.07) is 7.90. The fraction of sp³-hybridized carbons (Fsp3) is 0.688. The van der Waals surface area contributed by atoms with Crippen molar-refractivity contribution in [3.05, 3.63) is 54.6 Å². The van der Waals surface area contributed by atoms with Gasteiger partial charge in [-0.15, -0.1) is 6.58 Å². The van der Waals surface area contributed by atoms with Gasteiger partial charge in [0.1, 0.15) is 12.5 Å². The molecule has 1 aromatic rings. The molecule has 0 saturated carbocycles. The van der Waals surface area contributed by atoms with E-state index < -0.39 is 11.9 Å². The van der Waals surface area contributed by atoms with Gasteiger partial charge in [0.15, 0.2) is 5.79 Å². The third-order valence-corrected chi connectivity index (χ3v) is 7.78. The highest BCUT2D eigenvalue weighted by Crippen LogP contribution is 2.44. The van der Waals surface area contributed by atoms with E-state index in [2.05, 4.69) is 19.6 Å². The van der Waals surface area contributed by atoms with E-state index in [9.17, 15) is 5.11 Å². The van der Waals surface area contributed by atoms with E-state index in [1.165, 1.54) is 0 Å². The third-order valence-electron chi connectivity index (χ3n) is 7.78. The maximum Gasteiger partial charge on any atom is 0.169 e. The molecule has 2 saturated heterocycles. The summed E-state index contributed by atoms with van der Waals surface area (Å²) < 4.78 is 35.1. The summed E-state index contributed by atoms with van der Waals surface area (Å²) in [7, 11) is 3.31. The molecule has 0 radical (unpaired) electrons. The van der Waals surface area contributed by atoms with E-state index >= 15 is 0 Å². The lowest BCUT2D eigenvalue weighted by atomic mass is 9.87. The molecule has 2 aliphatic rings. The number of hydrogen-bond acceptors (Lipinski definition) is 7. The van der Waals surface area contributed by atoms with Gasteiger partial charge in [0.25, 0.3) is 0 Å². The molecule has 0 aliphatic carbocycles. The summed E-state index contributed by atoms with van der Waals surface area (Å²) in [5, 5.41) is 11.0. The molecule has 1 aromatic carbocycles. The van der Waals surface area contributed by atoms with Crippen LogP contribution in [0, 0.1) is 5.92 Å². The zero-order valence-corrected chi connectivity index (χ0v) is 24.2. The maximum atomic E-state index is 11.0. The van der Waals surface area contributed by atoms with Crippen molar-refractivity contribution >= 4 is 0 Å².